The Morgan fingerprint density at radius 1 is 1.07 bits per heavy atom. The van der Waals surface area contributed by atoms with Crippen LogP contribution in [0.15, 0.2) is 36.4 Å². The molecule has 1 atom stereocenters. The van der Waals surface area contributed by atoms with Crippen molar-refractivity contribution in [3.05, 3.63) is 58.4 Å². The number of anilines is 2. The van der Waals surface area contributed by atoms with Crippen LogP contribution in [0.3, 0.4) is 0 Å². The van der Waals surface area contributed by atoms with Gasteiger partial charge >= 0.3 is 0 Å². The number of rotatable bonds is 3. The third-order valence-corrected chi connectivity index (χ3v) is 6.28. The summed E-state index contributed by atoms with van der Waals surface area (Å²) in [5.74, 6) is -1.03. The number of carbonyl (C=O) groups excluding carboxylic acids is 2. The number of piperazine rings is 1. The van der Waals surface area contributed by atoms with E-state index in [0.717, 1.165) is 13.1 Å². The molecule has 0 saturated carbocycles. The van der Waals surface area contributed by atoms with Crippen LogP contribution in [0, 0.1) is 25.6 Å². The summed E-state index contributed by atoms with van der Waals surface area (Å²) in [6.07, 6.45) is 0.172. The molecule has 2 aromatic carbocycles. The van der Waals surface area contributed by atoms with Gasteiger partial charge in [-0.05, 0) is 49.2 Å². The third kappa shape index (κ3) is 4.01. The van der Waals surface area contributed by atoms with Crippen molar-refractivity contribution in [3.8, 4) is 0 Å². The zero-order chi connectivity index (χ0) is 21.4. The van der Waals surface area contributed by atoms with Crippen LogP contribution in [0.5, 0.6) is 0 Å². The summed E-state index contributed by atoms with van der Waals surface area (Å²) in [4.78, 5) is 31.2. The van der Waals surface area contributed by atoms with Crippen molar-refractivity contribution in [2.45, 2.75) is 20.3 Å². The Labute approximate surface area is 181 Å². The summed E-state index contributed by atoms with van der Waals surface area (Å²) in [7, 11) is 0. The number of nitrogens with zero attached hydrogens (tertiary/aromatic N) is 3. The van der Waals surface area contributed by atoms with Crippen molar-refractivity contribution in [1.29, 1.82) is 0 Å². The van der Waals surface area contributed by atoms with Gasteiger partial charge in [0, 0.05) is 50.5 Å². The van der Waals surface area contributed by atoms with Crippen LogP contribution in [0.25, 0.3) is 0 Å². The second kappa shape index (κ2) is 8.26. The third-order valence-electron chi connectivity index (χ3n) is 5.99. The maximum Gasteiger partial charge on any atom is 0.228 e. The molecule has 0 aromatic heterocycles. The van der Waals surface area contributed by atoms with Gasteiger partial charge in [-0.1, -0.05) is 23.7 Å². The number of hydrogen-bond donors (Lipinski definition) is 0. The lowest BCUT2D eigenvalue weighted by Crippen LogP contribution is -2.50. The van der Waals surface area contributed by atoms with Gasteiger partial charge in [-0.3, -0.25) is 9.59 Å². The Kier molecular flexibility index (Phi) is 5.69. The molecule has 2 amide bonds. The first-order valence-electron chi connectivity index (χ1n) is 10.2. The zero-order valence-electron chi connectivity index (χ0n) is 17.2. The molecule has 1 unspecified atom stereocenters. The van der Waals surface area contributed by atoms with Gasteiger partial charge in [0.2, 0.25) is 11.8 Å². The van der Waals surface area contributed by atoms with Gasteiger partial charge in [0.1, 0.15) is 5.82 Å². The van der Waals surface area contributed by atoms with Gasteiger partial charge in [0.05, 0.1) is 10.9 Å². The topological polar surface area (TPSA) is 43.9 Å². The molecule has 4 rings (SSSR count). The number of halogens is 2. The van der Waals surface area contributed by atoms with E-state index in [1.807, 2.05) is 4.90 Å². The summed E-state index contributed by atoms with van der Waals surface area (Å²) in [6.45, 7) is 7.31. The Balaban J connectivity index is 1.39. The van der Waals surface area contributed by atoms with E-state index in [-0.39, 0.29) is 29.2 Å². The van der Waals surface area contributed by atoms with Crippen molar-refractivity contribution in [2.24, 2.45) is 5.92 Å². The Hall–Kier alpha value is -2.60. The first-order chi connectivity index (χ1) is 14.3. The Morgan fingerprint density at radius 2 is 1.80 bits per heavy atom. The smallest absolute Gasteiger partial charge is 0.228 e. The highest BCUT2D eigenvalue weighted by Gasteiger charge is 2.38. The number of carbonyl (C=O) groups is 2. The van der Waals surface area contributed by atoms with Crippen LogP contribution in [-0.4, -0.2) is 49.4 Å². The average molecular weight is 430 g/mol. The van der Waals surface area contributed by atoms with E-state index in [0.29, 0.717) is 25.3 Å². The summed E-state index contributed by atoms with van der Waals surface area (Å²) < 4.78 is 13.4. The summed E-state index contributed by atoms with van der Waals surface area (Å²) in [5, 5.41) is -0.0300. The highest BCUT2D eigenvalue weighted by atomic mass is 35.5. The molecule has 2 aliphatic heterocycles. The van der Waals surface area contributed by atoms with Gasteiger partial charge < -0.3 is 14.7 Å². The van der Waals surface area contributed by atoms with E-state index in [2.05, 4.69) is 36.9 Å². The van der Waals surface area contributed by atoms with E-state index in [1.54, 1.807) is 0 Å². The number of hydrogen-bond acceptors (Lipinski definition) is 3. The predicted octanol–water partition coefficient (Wildman–Crippen LogP) is 3.80. The minimum Gasteiger partial charge on any atom is -0.368 e. The summed E-state index contributed by atoms with van der Waals surface area (Å²) in [6, 6.07) is 10.6. The van der Waals surface area contributed by atoms with E-state index in [9.17, 15) is 14.0 Å². The van der Waals surface area contributed by atoms with Crippen molar-refractivity contribution < 1.29 is 14.0 Å². The fourth-order valence-corrected chi connectivity index (χ4v) is 4.44. The summed E-state index contributed by atoms with van der Waals surface area (Å²) in [5.41, 5.74) is 4.20. The Bertz CT molecular complexity index is 988. The van der Waals surface area contributed by atoms with Gasteiger partial charge in [-0.15, -0.1) is 0 Å². The second-order valence-electron chi connectivity index (χ2n) is 8.11. The SMILES string of the molecule is Cc1ccc(C)c(N2CCN(C(=O)C3CC(=O)N(c4ccc(F)c(Cl)c4)C3)CC2)c1. The van der Waals surface area contributed by atoms with E-state index >= 15 is 0 Å². The fourth-order valence-electron chi connectivity index (χ4n) is 4.26. The molecule has 7 heteroatoms. The summed E-state index contributed by atoms with van der Waals surface area (Å²) >= 11 is 5.85. The quantitative estimate of drug-likeness (QED) is 0.745. The molecule has 0 N–H and O–H groups in total. The van der Waals surface area contributed by atoms with Crippen LogP contribution in [0.2, 0.25) is 5.02 Å². The second-order valence-corrected chi connectivity index (χ2v) is 8.51. The molecule has 158 valence electrons. The molecule has 2 saturated heterocycles. The van der Waals surface area contributed by atoms with Crippen molar-refractivity contribution in [3.63, 3.8) is 0 Å². The Morgan fingerprint density at radius 3 is 2.50 bits per heavy atom. The lowest BCUT2D eigenvalue weighted by molar-refractivity contribution is -0.136. The number of aryl methyl sites for hydroxylation is 2. The molecule has 2 aliphatic rings. The van der Waals surface area contributed by atoms with E-state index < -0.39 is 5.82 Å². The van der Waals surface area contributed by atoms with Crippen LogP contribution in [0.1, 0.15) is 17.5 Å². The van der Waals surface area contributed by atoms with E-state index in [4.69, 9.17) is 11.6 Å². The van der Waals surface area contributed by atoms with Gasteiger partial charge in [-0.25, -0.2) is 4.39 Å². The molecule has 0 aliphatic carbocycles. The lowest BCUT2D eigenvalue weighted by atomic mass is 10.1. The molecule has 2 heterocycles. The van der Waals surface area contributed by atoms with Gasteiger partial charge in [0.25, 0.3) is 0 Å². The molecule has 0 bridgehead atoms. The average Bonchev–Trinajstić information content (AvgIpc) is 3.13. The molecule has 30 heavy (non-hydrogen) atoms. The molecule has 0 spiro atoms. The molecule has 2 aromatic rings. The maximum atomic E-state index is 13.4. The largest absolute Gasteiger partial charge is 0.368 e. The van der Waals surface area contributed by atoms with Gasteiger partial charge in [0.15, 0.2) is 0 Å². The zero-order valence-corrected chi connectivity index (χ0v) is 18.0. The van der Waals surface area contributed by atoms with Gasteiger partial charge in [-0.2, -0.15) is 0 Å². The molecular formula is C23H25ClFN3O2. The molecule has 2 fully saturated rings. The van der Waals surface area contributed by atoms with Crippen LogP contribution < -0.4 is 9.80 Å². The van der Waals surface area contributed by atoms with Crippen molar-refractivity contribution >= 4 is 34.8 Å². The normalized spacial score (nSPS) is 19.5. The molecular weight excluding hydrogens is 405 g/mol. The predicted molar refractivity (Wildman–Crippen MR) is 117 cm³/mol. The lowest BCUT2D eigenvalue weighted by Gasteiger charge is -2.37. The highest BCUT2D eigenvalue weighted by molar-refractivity contribution is 6.31. The molecule has 0 radical (unpaired) electrons. The van der Waals surface area contributed by atoms with Crippen LogP contribution in [-0.2, 0) is 9.59 Å². The number of benzene rings is 2. The monoisotopic (exact) mass is 429 g/mol. The maximum absolute atomic E-state index is 13.4. The number of amides is 2. The van der Waals surface area contributed by atoms with Crippen molar-refractivity contribution in [1.82, 2.24) is 4.90 Å². The fraction of sp³-hybridized carbons (Fsp3) is 0.391. The van der Waals surface area contributed by atoms with Crippen LogP contribution >= 0.6 is 11.6 Å². The standard InChI is InChI=1S/C23H25ClFN3O2/c1-15-3-4-16(2)21(11-15)26-7-9-27(10-8-26)23(30)17-12-22(29)28(14-17)18-5-6-20(25)19(24)13-18/h3-6,11,13,17H,7-10,12,14H2,1-2H3. The minimum absolute atomic E-state index is 0.0136. The van der Waals surface area contributed by atoms with Crippen molar-refractivity contribution in [2.75, 3.05) is 42.5 Å². The highest BCUT2D eigenvalue weighted by Crippen LogP contribution is 2.30. The first kappa shape index (κ1) is 20.7. The minimum atomic E-state index is -0.526. The van der Waals surface area contributed by atoms with Crippen LogP contribution in [0.4, 0.5) is 15.8 Å². The molecule has 5 nitrogen and oxygen atoms in total. The first-order valence-corrected chi connectivity index (χ1v) is 10.6. The van der Waals surface area contributed by atoms with E-state index in [1.165, 1.54) is 39.9 Å².